The third kappa shape index (κ3) is 5.20. The molecule has 0 atom stereocenters. The van der Waals surface area contributed by atoms with Crippen LogP contribution in [0.4, 0.5) is 0 Å². The van der Waals surface area contributed by atoms with E-state index in [4.69, 9.17) is 4.74 Å². The van der Waals surface area contributed by atoms with Crippen molar-refractivity contribution in [2.24, 2.45) is 0 Å². The van der Waals surface area contributed by atoms with Gasteiger partial charge in [0.05, 0.1) is 6.61 Å². The second-order valence-electron chi connectivity index (χ2n) is 7.33. The van der Waals surface area contributed by atoms with E-state index in [2.05, 4.69) is 65.6 Å². The quantitative estimate of drug-likeness (QED) is 0.349. The van der Waals surface area contributed by atoms with Gasteiger partial charge in [0.25, 0.3) is 5.56 Å². The zero-order chi connectivity index (χ0) is 21.5. The largest absolute Gasteiger partial charge is 0.494 e. The minimum absolute atomic E-state index is 0.116. The van der Waals surface area contributed by atoms with Crippen LogP contribution >= 0.6 is 0 Å². The average Bonchev–Trinajstić information content (AvgIpc) is 2.80. The van der Waals surface area contributed by atoms with Gasteiger partial charge >= 0.3 is 5.69 Å². The van der Waals surface area contributed by atoms with Crippen molar-refractivity contribution in [2.75, 3.05) is 6.61 Å². The summed E-state index contributed by atoms with van der Waals surface area (Å²) in [5.74, 6) is 0.911. The van der Waals surface area contributed by atoms with Gasteiger partial charge in [-0.3, -0.25) is 9.78 Å². The van der Waals surface area contributed by atoms with Crippen LogP contribution in [0.5, 0.6) is 5.75 Å². The molecule has 1 N–H and O–H groups in total. The number of benzene rings is 3. The van der Waals surface area contributed by atoms with E-state index in [1.54, 1.807) is 0 Å². The maximum absolute atomic E-state index is 11.8. The molecular formula is C26H24N2O3. The molecule has 4 rings (SSSR count). The van der Waals surface area contributed by atoms with Gasteiger partial charge in [0.15, 0.2) is 0 Å². The highest BCUT2D eigenvalue weighted by Gasteiger charge is 2.16. The molecule has 0 aliphatic carbocycles. The number of H-pyrrole nitrogens is 1. The molecular weight excluding hydrogens is 388 g/mol. The third-order valence-electron chi connectivity index (χ3n) is 5.17. The summed E-state index contributed by atoms with van der Waals surface area (Å²) in [6, 6.07) is 30.4. The van der Waals surface area contributed by atoms with E-state index in [0.717, 1.165) is 11.3 Å². The maximum Gasteiger partial charge on any atom is 0.328 e. The Hall–Kier alpha value is -3.86. The number of nitrogens with one attached hydrogen (secondary N) is 1. The van der Waals surface area contributed by atoms with E-state index < -0.39 is 5.69 Å². The molecule has 1 aromatic heterocycles. The average molecular weight is 412 g/mol. The summed E-state index contributed by atoms with van der Waals surface area (Å²) < 4.78 is 7.44. The van der Waals surface area contributed by atoms with Crippen LogP contribution in [0.2, 0.25) is 0 Å². The van der Waals surface area contributed by atoms with E-state index in [-0.39, 0.29) is 11.5 Å². The molecule has 0 spiro atoms. The summed E-state index contributed by atoms with van der Waals surface area (Å²) in [6.07, 6.45) is 2.16. The summed E-state index contributed by atoms with van der Waals surface area (Å²) in [6.45, 7) is 0.947. The van der Waals surface area contributed by atoms with Crippen LogP contribution in [0, 0.1) is 0 Å². The van der Waals surface area contributed by atoms with Crippen molar-refractivity contribution in [3.63, 3.8) is 0 Å². The van der Waals surface area contributed by atoms with Crippen LogP contribution in [0.3, 0.4) is 0 Å². The van der Waals surface area contributed by atoms with Gasteiger partial charge in [-0.25, -0.2) is 4.79 Å². The molecule has 0 aliphatic rings. The first-order valence-corrected chi connectivity index (χ1v) is 10.3. The Morgan fingerprint density at radius 1 is 0.774 bits per heavy atom. The molecule has 0 saturated carbocycles. The van der Waals surface area contributed by atoms with Crippen LogP contribution < -0.4 is 16.0 Å². The Bertz CT molecular complexity index is 1190. The van der Waals surface area contributed by atoms with Crippen molar-refractivity contribution >= 4 is 0 Å². The van der Waals surface area contributed by atoms with E-state index in [9.17, 15) is 9.59 Å². The van der Waals surface area contributed by atoms with Gasteiger partial charge in [0.1, 0.15) is 5.75 Å². The van der Waals surface area contributed by atoms with Crippen LogP contribution in [-0.4, -0.2) is 16.2 Å². The number of ether oxygens (including phenoxy) is 1. The minimum Gasteiger partial charge on any atom is -0.494 e. The van der Waals surface area contributed by atoms with Crippen molar-refractivity contribution in [3.8, 4) is 5.75 Å². The maximum atomic E-state index is 11.8. The lowest BCUT2D eigenvalue weighted by atomic mass is 9.85. The SMILES string of the molecule is O=c1ccn(CCCOc2cccc(C(c3ccccc3)c3ccccc3)c2)c(=O)[nH]1. The van der Waals surface area contributed by atoms with Crippen molar-refractivity contribution in [1.82, 2.24) is 9.55 Å². The van der Waals surface area contributed by atoms with Gasteiger partial charge in [0.2, 0.25) is 0 Å². The summed E-state index contributed by atoms with van der Waals surface area (Å²) in [5.41, 5.74) is 2.82. The summed E-state index contributed by atoms with van der Waals surface area (Å²) >= 11 is 0. The molecule has 1 heterocycles. The standard InChI is InChI=1S/C26H24N2O3/c29-24-15-17-28(26(30)27-24)16-8-18-31-23-14-7-13-22(19-23)25(20-9-3-1-4-10-20)21-11-5-2-6-12-21/h1-7,9-15,17,19,25H,8,16,18H2,(H,27,29,30). The fourth-order valence-electron chi connectivity index (χ4n) is 3.70. The predicted octanol–water partition coefficient (Wildman–Crippen LogP) is 4.19. The summed E-state index contributed by atoms with van der Waals surface area (Å²) in [5, 5.41) is 0. The summed E-state index contributed by atoms with van der Waals surface area (Å²) in [4.78, 5) is 25.2. The van der Waals surface area contributed by atoms with Gasteiger partial charge in [0, 0.05) is 24.7 Å². The Kier molecular flexibility index (Phi) is 6.43. The van der Waals surface area contributed by atoms with Gasteiger partial charge in [-0.2, -0.15) is 0 Å². The van der Waals surface area contributed by atoms with Gasteiger partial charge in [-0.05, 0) is 35.2 Å². The van der Waals surface area contributed by atoms with Crippen LogP contribution in [0.1, 0.15) is 29.0 Å². The van der Waals surface area contributed by atoms with Crippen molar-refractivity contribution < 1.29 is 4.74 Å². The Morgan fingerprint density at radius 3 is 2.06 bits per heavy atom. The lowest BCUT2D eigenvalue weighted by Crippen LogP contribution is -2.29. The highest BCUT2D eigenvalue weighted by atomic mass is 16.5. The highest BCUT2D eigenvalue weighted by Crippen LogP contribution is 2.33. The monoisotopic (exact) mass is 412 g/mol. The van der Waals surface area contributed by atoms with E-state index >= 15 is 0 Å². The lowest BCUT2D eigenvalue weighted by Gasteiger charge is -2.19. The Labute approximate surface area is 180 Å². The van der Waals surface area contributed by atoms with E-state index in [0.29, 0.717) is 19.6 Å². The fraction of sp³-hybridized carbons (Fsp3) is 0.154. The lowest BCUT2D eigenvalue weighted by molar-refractivity contribution is 0.300. The first-order valence-electron chi connectivity index (χ1n) is 10.3. The molecule has 0 radical (unpaired) electrons. The number of aromatic nitrogens is 2. The predicted molar refractivity (Wildman–Crippen MR) is 122 cm³/mol. The van der Waals surface area contributed by atoms with Crippen LogP contribution in [0.15, 0.2) is 107 Å². The number of rotatable bonds is 8. The molecule has 0 unspecified atom stereocenters. The van der Waals surface area contributed by atoms with E-state index in [1.165, 1.54) is 28.0 Å². The molecule has 0 fully saturated rings. The molecule has 156 valence electrons. The zero-order valence-corrected chi connectivity index (χ0v) is 17.1. The first-order chi connectivity index (χ1) is 15.2. The molecule has 5 heteroatoms. The molecule has 0 bridgehead atoms. The second-order valence-corrected chi connectivity index (χ2v) is 7.33. The molecule has 5 nitrogen and oxygen atoms in total. The molecule has 31 heavy (non-hydrogen) atoms. The summed E-state index contributed by atoms with van der Waals surface area (Å²) in [7, 11) is 0. The normalized spacial score (nSPS) is 10.9. The molecule has 4 aromatic rings. The van der Waals surface area contributed by atoms with Crippen molar-refractivity contribution in [2.45, 2.75) is 18.9 Å². The number of hydrogen-bond donors (Lipinski definition) is 1. The molecule has 0 amide bonds. The third-order valence-corrected chi connectivity index (χ3v) is 5.17. The number of aryl methyl sites for hydroxylation is 1. The van der Waals surface area contributed by atoms with Gasteiger partial charge in [-0.15, -0.1) is 0 Å². The van der Waals surface area contributed by atoms with Crippen molar-refractivity contribution in [1.29, 1.82) is 0 Å². The molecule has 0 aliphatic heterocycles. The van der Waals surface area contributed by atoms with Crippen molar-refractivity contribution in [3.05, 3.63) is 135 Å². The second kappa shape index (κ2) is 9.76. The smallest absolute Gasteiger partial charge is 0.328 e. The Morgan fingerprint density at radius 2 is 1.42 bits per heavy atom. The number of hydrogen-bond acceptors (Lipinski definition) is 3. The van der Waals surface area contributed by atoms with Crippen LogP contribution in [-0.2, 0) is 6.54 Å². The van der Waals surface area contributed by atoms with Crippen LogP contribution in [0.25, 0.3) is 0 Å². The highest BCUT2D eigenvalue weighted by molar-refractivity contribution is 5.45. The van der Waals surface area contributed by atoms with Gasteiger partial charge in [-0.1, -0.05) is 72.8 Å². The first kappa shape index (κ1) is 20.4. The minimum atomic E-state index is -0.400. The van der Waals surface area contributed by atoms with E-state index in [1.807, 2.05) is 24.3 Å². The molecule has 0 saturated heterocycles. The topological polar surface area (TPSA) is 64.1 Å². The van der Waals surface area contributed by atoms with Gasteiger partial charge < -0.3 is 9.30 Å². The number of nitrogens with zero attached hydrogens (tertiary/aromatic N) is 1. The number of aromatic amines is 1. The molecule has 3 aromatic carbocycles. The Balaban J connectivity index is 1.48. The zero-order valence-electron chi connectivity index (χ0n) is 17.1. The fourth-order valence-corrected chi connectivity index (χ4v) is 3.70.